The summed E-state index contributed by atoms with van der Waals surface area (Å²) in [4.78, 5) is 17.5. The molecule has 25 heavy (non-hydrogen) atoms. The van der Waals surface area contributed by atoms with Crippen molar-refractivity contribution in [2.75, 3.05) is 19.7 Å². The van der Waals surface area contributed by atoms with E-state index in [1.54, 1.807) is 25.7 Å². The molecule has 1 amide bonds. The number of carbonyl (C=O) groups excluding carboxylic acids is 1. The summed E-state index contributed by atoms with van der Waals surface area (Å²) >= 11 is 0. The lowest BCUT2D eigenvalue weighted by Crippen LogP contribution is -2.44. The number of ether oxygens (including phenoxy) is 2. The average molecular weight is 360 g/mol. The van der Waals surface area contributed by atoms with Crippen LogP contribution in [0.15, 0.2) is 18.3 Å². The molecule has 0 bridgehead atoms. The first-order valence-electron chi connectivity index (χ1n) is 8.18. The highest BCUT2D eigenvalue weighted by Gasteiger charge is 2.31. The van der Waals surface area contributed by atoms with Crippen molar-refractivity contribution < 1.29 is 27.4 Å². The molecule has 1 aliphatic rings. The maximum absolute atomic E-state index is 12.7. The van der Waals surface area contributed by atoms with Crippen molar-refractivity contribution in [3.63, 3.8) is 0 Å². The van der Waals surface area contributed by atoms with Gasteiger partial charge in [0.25, 0.3) is 0 Å². The molecule has 0 N–H and O–H groups in total. The summed E-state index contributed by atoms with van der Waals surface area (Å²) in [7, 11) is 0. The number of piperidine rings is 1. The fraction of sp³-hybridized carbons (Fsp3) is 0.647. The van der Waals surface area contributed by atoms with E-state index in [2.05, 4.69) is 4.98 Å². The van der Waals surface area contributed by atoms with Gasteiger partial charge in [0.05, 0.1) is 12.2 Å². The van der Waals surface area contributed by atoms with Crippen molar-refractivity contribution in [1.29, 1.82) is 0 Å². The first-order valence-corrected chi connectivity index (χ1v) is 8.18. The number of rotatable bonds is 3. The number of alkyl halides is 3. The van der Waals surface area contributed by atoms with E-state index >= 15 is 0 Å². The molecule has 0 saturated carbocycles. The van der Waals surface area contributed by atoms with Crippen LogP contribution in [0.4, 0.5) is 18.0 Å². The van der Waals surface area contributed by atoms with Crippen LogP contribution in [0.25, 0.3) is 0 Å². The summed E-state index contributed by atoms with van der Waals surface area (Å²) < 4.78 is 48.9. The first kappa shape index (κ1) is 19.3. The Morgan fingerprint density at radius 3 is 2.72 bits per heavy atom. The molecule has 2 rings (SSSR count). The summed E-state index contributed by atoms with van der Waals surface area (Å²) in [5, 5.41) is 0. The zero-order chi connectivity index (χ0) is 18.7. The van der Waals surface area contributed by atoms with Crippen LogP contribution in [0, 0.1) is 5.92 Å². The SMILES string of the molecule is CC(C)(C)OC(=O)N1CCCC(COc2cc(C(F)(F)F)ccn2)C1. The predicted molar refractivity (Wildman–Crippen MR) is 85.3 cm³/mol. The van der Waals surface area contributed by atoms with Gasteiger partial charge < -0.3 is 14.4 Å². The number of amides is 1. The van der Waals surface area contributed by atoms with E-state index < -0.39 is 17.3 Å². The number of hydrogen-bond acceptors (Lipinski definition) is 4. The van der Waals surface area contributed by atoms with E-state index in [4.69, 9.17) is 9.47 Å². The Labute approximate surface area is 145 Å². The number of carbonyl (C=O) groups is 1. The number of pyridine rings is 1. The lowest BCUT2D eigenvalue weighted by Gasteiger charge is -2.33. The van der Waals surface area contributed by atoms with E-state index in [0.29, 0.717) is 13.1 Å². The lowest BCUT2D eigenvalue weighted by atomic mass is 9.99. The monoisotopic (exact) mass is 360 g/mol. The number of halogens is 3. The molecule has 1 saturated heterocycles. The number of likely N-dealkylation sites (tertiary alicyclic amines) is 1. The smallest absolute Gasteiger partial charge is 0.416 e. The Balaban J connectivity index is 1.90. The van der Waals surface area contributed by atoms with Crippen LogP contribution in [0.5, 0.6) is 5.88 Å². The molecule has 140 valence electrons. The Morgan fingerprint density at radius 2 is 2.08 bits per heavy atom. The van der Waals surface area contributed by atoms with Crippen LogP contribution < -0.4 is 4.74 Å². The molecule has 1 aromatic heterocycles. The van der Waals surface area contributed by atoms with Crippen LogP contribution in [0.3, 0.4) is 0 Å². The molecular formula is C17H23F3N2O3. The molecule has 0 spiro atoms. The minimum atomic E-state index is -4.43. The Hall–Kier alpha value is -1.99. The molecule has 1 aliphatic heterocycles. The highest BCUT2D eigenvalue weighted by Crippen LogP contribution is 2.30. The normalized spacial score (nSPS) is 18.8. The first-order chi connectivity index (χ1) is 11.5. The molecular weight excluding hydrogens is 337 g/mol. The minimum Gasteiger partial charge on any atom is -0.477 e. The number of hydrogen-bond donors (Lipinski definition) is 0. The van der Waals surface area contributed by atoms with Crippen molar-refractivity contribution in [1.82, 2.24) is 9.88 Å². The van der Waals surface area contributed by atoms with Gasteiger partial charge in [0.15, 0.2) is 0 Å². The summed E-state index contributed by atoms with van der Waals surface area (Å²) in [6.45, 7) is 6.66. The zero-order valence-electron chi connectivity index (χ0n) is 14.6. The second-order valence-corrected chi connectivity index (χ2v) is 7.13. The van der Waals surface area contributed by atoms with Gasteiger partial charge in [0.2, 0.25) is 5.88 Å². The van der Waals surface area contributed by atoms with Gasteiger partial charge in [-0.3, -0.25) is 0 Å². The Bertz CT molecular complexity index is 600. The van der Waals surface area contributed by atoms with Gasteiger partial charge in [0.1, 0.15) is 5.60 Å². The summed E-state index contributed by atoms with van der Waals surface area (Å²) in [5.41, 5.74) is -1.36. The number of nitrogens with zero attached hydrogens (tertiary/aromatic N) is 2. The van der Waals surface area contributed by atoms with Crippen LogP contribution in [-0.2, 0) is 10.9 Å². The topological polar surface area (TPSA) is 51.7 Å². The maximum atomic E-state index is 12.7. The van der Waals surface area contributed by atoms with Crippen LogP contribution >= 0.6 is 0 Å². The molecule has 5 nitrogen and oxygen atoms in total. The third-order valence-electron chi connectivity index (χ3n) is 3.70. The molecule has 0 aliphatic carbocycles. The standard InChI is InChI=1S/C17H23F3N2O3/c1-16(2,3)25-15(23)22-8-4-5-12(10-22)11-24-14-9-13(6-7-21-14)17(18,19)20/h6-7,9,12H,4-5,8,10-11H2,1-3H3. The Morgan fingerprint density at radius 1 is 1.36 bits per heavy atom. The zero-order valence-corrected chi connectivity index (χ0v) is 14.6. The van der Waals surface area contributed by atoms with Crippen molar-refractivity contribution in [2.45, 2.75) is 45.4 Å². The van der Waals surface area contributed by atoms with Gasteiger partial charge in [-0.1, -0.05) is 0 Å². The summed E-state index contributed by atoms with van der Waals surface area (Å²) in [6.07, 6.45) is -2.11. The van der Waals surface area contributed by atoms with Crippen molar-refractivity contribution in [2.24, 2.45) is 5.92 Å². The molecule has 1 aromatic rings. The fourth-order valence-corrected chi connectivity index (χ4v) is 2.56. The molecule has 2 heterocycles. The second kappa shape index (κ2) is 7.49. The van der Waals surface area contributed by atoms with Crippen molar-refractivity contribution >= 4 is 6.09 Å². The maximum Gasteiger partial charge on any atom is 0.416 e. The predicted octanol–water partition coefficient (Wildman–Crippen LogP) is 4.13. The highest BCUT2D eigenvalue weighted by molar-refractivity contribution is 5.68. The fourth-order valence-electron chi connectivity index (χ4n) is 2.56. The molecule has 0 aromatic carbocycles. The van der Waals surface area contributed by atoms with Gasteiger partial charge in [-0.15, -0.1) is 0 Å². The molecule has 1 unspecified atom stereocenters. The van der Waals surface area contributed by atoms with Crippen LogP contribution in [-0.4, -0.2) is 41.3 Å². The summed E-state index contributed by atoms with van der Waals surface area (Å²) in [5.74, 6) is -0.0400. The molecule has 8 heteroatoms. The third kappa shape index (κ3) is 6.10. The number of aromatic nitrogens is 1. The second-order valence-electron chi connectivity index (χ2n) is 7.13. The van der Waals surface area contributed by atoms with Gasteiger partial charge in [-0.2, -0.15) is 13.2 Å². The minimum absolute atomic E-state index is 0.0256. The highest BCUT2D eigenvalue weighted by atomic mass is 19.4. The molecule has 1 atom stereocenters. The van der Waals surface area contributed by atoms with Crippen molar-refractivity contribution in [3.05, 3.63) is 23.9 Å². The van der Waals surface area contributed by atoms with Gasteiger partial charge in [-0.25, -0.2) is 9.78 Å². The van der Waals surface area contributed by atoms with E-state index in [9.17, 15) is 18.0 Å². The van der Waals surface area contributed by atoms with Gasteiger partial charge in [-0.05, 0) is 39.7 Å². The molecule has 1 fully saturated rings. The summed E-state index contributed by atoms with van der Waals surface area (Å²) in [6, 6.07) is 1.78. The van der Waals surface area contributed by atoms with E-state index in [-0.39, 0.29) is 24.5 Å². The lowest BCUT2D eigenvalue weighted by molar-refractivity contribution is -0.137. The van der Waals surface area contributed by atoms with Gasteiger partial charge >= 0.3 is 12.3 Å². The van der Waals surface area contributed by atoms with Crippen molar-refractivity contribution in [3.8, 4) is 5.88 Å². The van der Waals surface area contributed by atoms with E-state index in [1.165, 1.54) is 0 Å². The van der Waals surface area contributed by atoms with E-state index in [0.717, 1.165) is 31.2 Å². The quantitative estimate of drug-likeness (QED) is 0.813. The third-order valence-corrected chi connectivity index (χ3v) is 3.70. The van der Waals surface area contributed by atoms with Gasteiger partial charge in [0, 0.05) is 31.3 Å². The Kier molecular flexibility index (Phi) is 5.80. The average Bonchev–Trinajstić information content (AvgIpc) is 2.51. The largest absolute Gasteiger partial charge is 0.477 e. The molecule has 0 radical (unpaired) electrons. The van der Waals surface area contributed by atoms with E-state index in [1.807, 2.05) is 0 Å². The van der Waals surface area contributed by atoms with Crippen LogP contribution in [0.2, 0.25) is 0 Å². The van der Waals surface area contributed by atoms with Crippen LogP contribution in [0.1, 0.15) is 39.2 Å².